The zero-order valence-corrected chi connectivity index (χ0v) is 19.9. The van der Waals surface area contributed by atoms with Crippen LogP contribution in [0.2, 0.25) is 5.02 Å². The maximum absolute atomic E-state index is 11.7. The molecule has 0 aliphatic heterocycles. The van der Waals surface area contributed by atoms with Gasteiger partial charge in [0.25, 0.3) is 5.91 Å². The van der Waals surface area contributed by atoms with E-state index in [1.54, 1.807) is 51.3 Å². The summed E-state index contributed by atoms with van der Waals surface area (Å²) in [6.45, 7) is 3.59. The first-order valence-electron chi connectivity index (χ1n) is 10.2. The Morgan fingerprint density at radius 1 is 1.09 bits per heavy atom. The number of amides is 2. The van der Waals surface area contributed by atoms with Crippen LogP contribution in [0.3, 0.4) is 0 Å². The van der Waals surface area contributed by atoms with Gasteiger partial charge in [0.05, 0.1) is 29.7 Å². The Morgan fingerprint density at radius 3 is 2.21 bits per heavy atom. The summed E-state index contributed by atoms with van der Waals surface area (Å²) in [5, 5.41) is 12.9. The van der Waals surface area contributed by atoms with E-state index in [9.17, 15) is 14.7 Å². The van der Waals surface area contributed by atoms with Gasteiger partial charge in [-0.15, -0.1) is 0 Å². The van der Waals surface area contributed by atoms with Crippen molar-refractivity contribution in [3.8, 4) is 17.2 Å². The van der Waals surface area contributed by atoms with Crippen molar-refractivity contribution in [2.24, 2.45) is 5.73 Å². The zero-order chi connectivity index (χ0) is 25.1. The third-order valence-corrected chi connectivity index (χ3v) is 4.51. The van der Waals surface area contributed by atoms with E-state index < -0.39 is 11.5 Å². The molecule has 0 fully saturated rings. The first kappa shape index (κ1) is 26.6. The van der Waals surface area contributed by atoms with Crippen molar-refractivity contribution < 1.29 is 24.2 Å². The number of benzene rings is 2. The number of halogens is 1. The van der Waals surface area contributed by atoms with E-state index in [1.165, 1.54) is 18.7 Å². The molecule has 0 atom stereocenters. The molecule has 0 bridgehead atoms. The monoisotopic (exact) mass is 486 g/mol. The molecule has 4 N–H and O–H groups in total. The number of hydrogen-bond acceptors (Lipinski definition) is 7. The van der Waals surface area contributed by atoms with Crippen LogP contribution in [0.25, 0.3) is 0 Å². The van der Waals surface area contributed by atoms with Gasteiger partial charge in [-0.1, -0.05) is 23.7 Å². The van der Waals surface area contributed by atoms with Crippen LogP contribution in [0.4, 0.5) is 0 Å². The highest BCUT2D eigenvalue weighted by Gasteiger charge is 2.17. The van der Waals surface area contributed by atoms with Crippen molar-refractivity contribution in [1.29, 1.82) is 0 Å². The summed E-state index contributed by atoms with van der Waals surface area (Å²) < 4.78 is 10.8. The van der Waals surface area contributed by atoms with E-state index >= 15 is 0 Å². The molecule has 3 aromatic rings. The van der Waals surface area contributed by atoms with Crippen molar-refractivity contribution in [3.63, 3.8) is 0 Å². The number of nitrogens with two attached hydrogens (primary N) is 1. The minimum atomic E-state index is -1.01. The Balaban J connectivity index is 0.000000379. The van der Waals surface area contributed by atoms with Crippen LogP contribution < -0.4 is 20.5 Å². The molecule has 10 heteroatoms. The molecule has 0 unspecified atom stereocenters. The Hall–Kier alpha value is -3.69. The van der Waals surface area contributed by atoms with Crippen molar-refractivity contribution in [1.82, 2.24) is 15.3 Å². The number of rotatable bonds is 8. The second-order valence-electron chi connectivity index (χ2n) is 7.80. The normalized spacial score (nSPS) is 10.5. The molecule has 0 aliphatic carbocycles. The molecule has 1 aromatic heterocycles. The molecule has 3 rings (SSSR count). The van der Waals surface area contributed by atoms with Gasteiger partial charge in [-0.25, -0.2) is 9.97 Å². The number of nitrogens with zero attached hydrogens (tertiary/aromatic N) is 2. The summed E-state index contributed by atoms with van der Waals surface area (Å²) in [5.74, 6) is 1.13. The second kappa shape index (κ2) is 12.5. The first-order chi connectivity index (χ1) is 16.1. The summed E-state index contributed by atoms with van der Waals surface area (Å²) in [5.41, 5.74) is 5.14. The third kappa shape index (κ3) is 9.43. The molecule has 2 aromatic carbocycles. The van der Waals surface area contributed by atoms with E-state index in [0.717, 1.165) is 5.56 Å². The van der Waals surface area contributed by atoms with Gasteiger partial charge >= 0.3 is 0 Å². The van der Waals surface area contributed by atoms with E-state index in [1.807, 2.05) is 12.1 Å². The Labute approximate surface area is 202 Å². The fourth-order valence-electron chi connectivity index (χ4n) is 2.58. The highest BCUT2D eigenvalue weighted by Crippen LogP contribution is 2.32. The Morgan fingerprint density at radius 2 is 1.71 bits per heavy atom. The standard InChI is InChI=1S/C19H22ClNO4.C5H5N3O/c1-19(2,23)11-18(22)21-12-13-4-6-14(7-5-13)25-17-9-8-15(24-3)10-16(17)20;6-5(9)4-1-7-3-8-2-4/h4-10,23H,11-12H2,1-3H3,(H,21,22);1-3H,(H2,6,9). The molecule has 34 heavy (non-hydrogen) atoms. The zero-order valence-electron chi connectivity index (χ0n) is 19.1. The Bertz CT molecular complexity index is 1090. The van der Waals surface area contributed by atoms with Crippen molar-refractivity contribution in [3.05, 3.63) is 77.3 Å². The number of hydrogen-bond donors (Lipinski definition) is 3. The van der Waals surface area contributed by atoms with Gasteiger partial charge in [0.2, 0.25) is 5.91 Å². The SMILES string of the molecule is COc1ccc(Oc2ccc(CNC(=O)CC(C)(C)O)cc2)c(Cl)c1.NC(=O)c1cncnc1. The molecule has 180 valence electrons. The maximum Gasteiger partial charge on any atom is 0.251 e. The van der Waals surface area contributed by atoms with Crippen LogP contribution in [0.5, 0.6) is 17.2 Å². The molecule has 0 aliphatic rings. The van der Waals surface area contributed by atoms with Crippen LogP contribution in [0.1, 0.15) is 36.2 Å². The third-order valence-electron chi connectivity index (χ3n) is 4.22. The molecular formula is C24H27ClN4O5. The van der Waals surface area contributed by atoms with Crippen molar-refractivity contribution in [2.75, 3.05) is 7.11 Å². The van der Waals surface area contributed by atoms with Crippen LogP contribution in [0.15, 0.2) is 61.2 Å². The van der Waals surface area contributed by atoms with Crippen LogP contribution in [0, 0.1) is 0 Å². The molecule has 0 spiro atoms. The molecule has 9 nitrogen and oxygen atoms in total. The number of aliphatic hydroxyl groups is 1. The molecule has 0 radical (unpaired) electrons. The summed E-state index contributed by atoms with van der Waals surface area (Å²) in [7, 11) is 1.57. The Kier molecular flexibility index (Phi) is 9.78. The van der Waals surface area contributed by atoms with E-state index in [-0.39, 0.29) is 12.3 Å². The van der Waals surface area contributed by atoms with E-state index in [0.29, 0.717) is 34.4 Å². The molecular weight excluding hydrogens is 460 g/mol. The fraction of sp³-hybridized carbons (Fsp3) is 0.250. The fourth-order valence-corrected chi connectivity index (χ4v) is 2.79. The summed E-state index contributed by atoms with van der Waals surface area (Å²) in [4.78, 5) is 29.2. The smallest absolute Gasteiger partial charge is 0.251 e. The predicted molar refractivity (Wildman–Crippen MR) is 128 cm³/mol. The van der Waals surface area contributed by atoms with E-state index in [2.05, 4.69) is 15.3 Å². The first-order valence-corrected chi connectivity index (χ1v) is 10.6. The van der Waals surface area contributed by atoms with Gasteiger partial charge < -0.3 is 25.6 Å². The number of carbonyl (C=O) groups excluding carboxylic acids is 2. The number of carbonyl (C=O) groups is 2. The molecule has 0 saturated carbocycles. The number of primary amides is 1. The lowest BCUT2D eigenvalue weighted by Gasteiger charge is -2.16. The van der Waals surface area contributed by atoms with Crippen molar-refractivity contribution >= 4 is 23.4 Å². The largest absolute Gasteiger partial charge is 0.497 e. The predicted octanol–water partition coefficient (Wildman–Crippen LogP) is 3.49. The van der Waals surface area contributed by atoms with Gasteiger partial charge in [-0.3, -0.25) is 9.59 Å². The summed E-state index contributed by atoms with van der Waals surface area (Å²) in [6.07, 6.45) is 4.14. The number of aromatic nitrogens is 2. The second-order valence-corrected chi connectivity index (χ2v) is 8.21. The topological polar surface area (TPSA) is 137 Å². The van der Waals surface area contributed by atoms with Gasteiger partial charge in [-0.2, -0.15) is 0 Å². The highest BCUT2D eigenvalue weighted by molar-refractivity contribution is 6.32. The van der Waals surface area contributed by atoms with Gasteiger partial charge in [-0.05, 0) is 43.7 Å². The molecule has 2 amide bonds. The average Bonchev–Trinajstić information content (AvgIpc) is 2.80. The maximum atomic E-state index is 11.7. The van der Waals surface area contributed by atoms with Crippen molar-refractivity contribution in [2.45, 2.75) is 32.4 Å². The van der Waals surface area contributed by atoms with Crippen LogP contribution in [-0.2, 0) is 11.3 Å². The van der Waals surface area contributed by atoms with Crippen LogP contribution >= 0.6 is 11.6 Å². The minimum Gasteiger partial charge on any atom is -0.497 e. The lowest BCUT2D eigenvalue weighted by atomic mass is 10.1. The number of ether oxygens (including phenoxy) is 2. The highest BCUT2D eigenvalue weighted by atomic mass is 35.5. The van der Waals surface area contributed by atoms with Gasteiger partial charge in [0.1, 0.15) is 23.6 Å². The van der Waals surface area contributed by atoms with E-state index in [4.69, 9.17) is 26.8 Å². The average molecular weight is 487 g/mol. The van der Waals surface area contributed by atoms with Gasteiger partial charge in [0, 0.05) is 25.0 Å². The quantitative estimate of drug-likeness (QED) is 0.443. The van der Waals surface area contributed by atoms with Gasteiger partial charge in [0.15, 0.2) is 0 Å². The van der Waals surface area contributed by atoms with Crippen LogP contribution in [-0.4, -0.2) is 39.6 Å². The minimum absolute atomic E-state index is 0.0597. The summed E-state index contributed by atoms with van der Waals surface area (Å²) >= 11 is 6.15. The number of nitrogens with one attached hydrogen (secondary N) is 1. The molecule has 0 saturated heterocycles. The lowest BCUT2D eigenvalue weighted by Crippen LogP contribution is -2.31. The summed E-state index contributed by atoms with van der Waals surface area (Å²) in [6, 6.07) is 12.5. The lowest BCUT2D eigenvalue weighted by molar-refractivity contribution is -0.125. The molecule has 1 heterocycles. The number of methoxy groups -OCH3 is 1.